The Morgan fingerprint density at radius 1 is 1.17 bits per heavy atom. The van der Waals surface area contributed by atoms with Gasteiger partial charge in [-0.1, -0.05) is 35.3 Å². The zero-order chi connectivity index (χ0) is 17.7. The lowest BCUT2D eigenvalue weighted by atomic mass is 10.1. The van der Waals surface area contributed by atoms with Crippen LogP contribution in [0.5, 0.6) is 5.75 Å². The van der Waals surface area contributed by atoms with E-state index in [-0.39, 0.29) is 23.9 Å². The van der Waals surface area contributed by atoms with Gasteiger partial charge in [-0.05, 0) is 30.3 Å². The second-order valence-electron chi connectivity index (χ2n) is 5.03. The van der Waals surface area contributed by atoms with E-state index in [9.17, 15) is 9.59 Å². The van der Waals surface area contributed by atoms with Crippen LogP contribution >= 0.6 is 23.2 Å². The van der Waals surface area contributed by atoms with Crippen molar-refractivity contribution in [1.82, 2.24) is 4.90 Å². The predicted molar refractivity (Wildman–Crippen MR) is 95.0 cm³/mol. The summed E-state index contributed by atoms with van der Waals surface area (Å²) in [5.41, 5.74) is 0.781. The van der Waals surface area contributed by atoms with Crippen LogP contribution in [0.2, 0.25) is 10.0 Å². The Balaban J connectivity index is 2.08. The molecular formula is C17H16Cl2N2O3. The molecule has 1 N–H and O–H groups in total. The van der Waals surface area contributed by atoms with Crippen molar-refractivity contribution in [3.63, 3.8) is 0 Å². The van der Waals surface area contributed by atoms with Gasteiger partial charge < -0.3 is 15.0 Å². The molecule has 0 radical (unpaired) electrons. The van der Waals surface area contributed by atoms with E-state index in [1.807, 2.05) is 0 Å². The standard InChI is InChI=1S/C17H16Cl2N2O3/c1-21(10-16(22)20-14-6-4-3-5-13(14)19)17(23)12-9-11(18)7-8-15(12)24-2/h3-9H,10H2,1-2H3,(H,20,22). The average molecular weight is 367 g/mol. The summed E-state index contributed by atoms with van der Waals surface area (Å²) in [5.74, 6) is -0.341. The zero-order valence-corrected chi connectivity index (χ0v) is 14.7. The number of para-hydroxylation sites is 1. The van der Waals surface area contributed by atoms with Gasteiger partial charge >= 0.3 is 0 Å². The van der Waals surface area contributed by atoms with Gasteiger partial charge in [0.25, 0.3) is 5.91 Å². The van der Waals surface area contributed by atoms with Gasteiger partial charge in [0.1, 0.15) is 5.75 Å². The lowest BCUT2D eigenvalue weighted by Gasteiger charge is -2.18. The number of nitrogens with zero attached hydrogens (tertiary/aromatic N) is 1. The number of benzene rings is 2. The highest BCUT2D eigenvalue weighted by molar-refractivity contribution is 6.33. The molecule has 24 heavy (non-hydrogen) atoms. The van der Waals surface area contributed by atoms with Gasteiger partial charge in [-0.15, -0.1) is 0 Å². The lowest BCUT2D eigenvalue weighted by molar-refractivity contribution is -0.116. The van der Waals surface area contributed by atoms with Crippen LogP contribution in [-0.2, 0) is 4.79 Å². The molecule has 0 unspecified atom stereocenters. The Hall–Kier alpha value is -2.24. The molecule has 0 bridgehead atoms. The Kier molecular flexibility index (Phi) is 6.06. The van der Waals surface area contributed by atoms with Crippen molar-refractivity contribution < 1.29 is 14.3 Å². The zero-order valence-electron chi connectivity index (χ0n) is 13.2. The summed E-state index contributed by atoms with van der Waals surface area (Å²) < 4.78 is 5.16. The number of likely N-dealkylation sites (N-methyl/N-ethyl adjacent to an activating group) is 1. The van der Waals surface area contributed by atoms with Crippen molar-refractivity contribution in [2.45, 2.75) is 0 Å². The van der Waals surface area contributed by atoms with Crippen LogP contribution in [0.15, 0.2) is 42.5 Å². The summed E-state index contributed by atoms with van der Waals surface area (Å²) in [7, 11) is 2.99. The maximum Gasteiger partial charge on any atom is 0.257 e. The van der Waals surface area contributed by atoms with Crippen LogP contribution < -0.4 is 10.1 Å². The topological polar surface area (TPSA) is 58.6 Å². The van der Waals surface area contributed by atoms with Crippen molar-refractivity contribution in [2.75, 3.05) is 26.0 Å². The van der Waals surface area contributed by atoms with E-state index in [1.165, 1.54) is 25.1 Å². The maximum atomic E-state index is 12.5. The molecule has 0 fully saturated rings. The number of methoxy groups -OCH3 is 1. The minimum absolute atomic E-state index is 0.139. The quantitative estimate of drug-likeness (QED) is 0.877. The van der Waals surface area contributed by atoms with Gasteiger partial charge in [-0.3, -0.25) is 9.59 Å². The van der Waals surface area contributed by atoms with Gasteiger partial charge in [0.05, 0.1) is 29.9 Å². The molecule has 0 aliphatic carbocycles. The molecule has 5 nitrogen and oxygen atoms in total. The van der Waals surface area contributed by atoms with Gasteiger partial charge in [-0.2, -0.15) is 0 Å². The van der Waals surface area contributed by atoms with Crippen LogP contribution in [0.25, 0.3) is 0 Å². The first-order valence-corrected chi connectivity index (χ1v) is 7.81. The third-order valence-corrected chi connectivity index (χ3v) is 3.83. The molecule has 0 atom stereocenters. The number of carbonyl (C=O) groups excluding carboxylic acids is 2. The largest absolute Gasteiger partial charge is 0.496 e. The molecule has 0 spiro atoms. The fourth-order valence-electron chi connectivity index (χ4n) is 2.09. The van der Waals surface area contributed by atoms with E-state index in [4.69, 9.17) is 27.9 Å². The summed E-state index contributed by atoms with van der Waals surface area (Å²) in [5, 5.41) is 3.50. The second kappa shape index (κ2) is 8.04. The number of rotatable bonds is 5. The number of halogens is 2. The predicted octanol–water partition coefficient (Wildman–Crippen LogP) is 3.71. The smallest absolute Gasteiger partial charge is 0.257 e. The maximum absolute atomic E-state index is 12.5. The van der Waals surface area contributed by atoms with E-state index >= 15 is 0 Å². The first-order valence-electron chi connectivity index (χ1n) is 7.05. The molecule has 2 aromatic carbocycles. The molecule has 126 valence electrons. The number of amides is 2. The minimum atomic E-state index is -0.372. The number of hydrogen-bond acceptors (Lipinski definition) is 3. The van der Waals surface area contributed by atoms with Crippen LogP contribution in [0.3, 0.4) is 0 Å². The lowest BCUT2D eigenvalue weighted by Crippen LogP contribution is -2.35. The Morgan fingerprint density at radius 2 is 1.88 bits per heavy atom. The molecule has 7 heteroatoms. The van der Waals surface area contributed by atoms with Crippen molar-refractivity contribution in [3.05, 3.63) is 58.1 Å². The van der Waals surface area contributed by atoms with Gasteiger partial charge in [0, 0.05) is 12.1 Å². The monoisotopic (exact) mass is 366 g/mol. The van der Waals surface area contributed by atoms with Crippen LogP contribution in [-0.4, -0.2) is 37.4 Å². The number of nitrogens with one attached hydrogen (secondary N) is 1. The number of hydrogen-bond donors (Lipinski definition) is 1. The first-order chi connectivity index (χ1) is 11.4. The highest BCUT2D eigenvalue weighted by Gasteiger charge is 2.19. The fraction of sp³-hybridized carbons (Fsp3) is 0.176. The Labute approximate surface area is 150 Å². The second-order valence-corrected chi connectivity index (χ2v) is 5.88. The molecule has 0 aliphatic rings. The van der Waals surface area contributed by atoms with Gasteiger partial charge in [0.15, 0.2) is 0 Å². The summed E-state index contributed by atoms with van der Waals surface area (Å²) >= 11 is 11.9. The molecule has 0 saturated heterocycles. The van der Waals surface area contributed by atoms with Crippen molar-refractivity contribution in [2.24, 2.45) is 0 Å². The SMILES string of the molecule is COc1ccc(Cl)cc1C(=O)N(C)CC(=O)Nc1ccccc1Cl. The molecule has 0 saturated carbocycles. The molecule has 2 rings (SSSR count). The van der Waals surface area contributed by atoms with E-state index in [0.717, 1.165) is 0 Å². The van der Waals surface area contributed by atoms with Crippen molar-refractivity contribution in [3.8, 4) is 5.75 Å². The normalized spacial score (nSPS) is 10.2. The van der Waals surface area contributed by atoms with Crippen LogP contribution in [0, 0.1) is 0 Å². The molecule has 2 aromatic rings. The van der Waals surface area contributed by atoms with E-state index in [0.29, 0.717) is 21.5 Å². The fourth-order valence-corrected chi connectivity index (χ4v) is 2.45. The first kappa shape index (κ1) is 18.1. The molecule has 0 aromatic heterocycles. The molecular weight excluding hydrogens is 351 g/mol. The Bertz CT molecular complexity index is 765. The van der Waals surface area contributed by atoms with Gasteiger partial charge in [-0.25, -0.2) is 0 Å². The number of ether oxygens (including phenoxy) is 1. The highest BCUT2D eigenvalue weighted by Crippen LogP contribution is 2.24. The number of carbonyl (C=O) groups is 2. The molecule has 2 amide bonds. The van der Waals surface area contributed by atoms with Crippen LogP contribution in [0.4, 0.5) is 5.69 Å². The van der Waals surface area contributed by atoms with Crippen molar-refractivity contribution >= 4 is 40.7 Å². The Morgan fingerprint density at radius 3 is 2.54 bits per heavy atom. The summed E-state index contributed by atoms with van der Waals surface area (Å²) in [4.78, 5) is 25.9. The summed E-state index contributed by atoms with van der Waals surface area (Å²) in [6.07, 6.45) is 0. The van der Waals surface area contributed by atoms with E-state index < -0.39 is 0 Å². The van der Waals surface area contributed by atoms with Crippen LogP contribution in [0.1, 0.15) is 10.4 Å². The third-order valence-electron chi connectivity index (χ3n) is 3.27. The average Bonchev–Trinajstić information content (AvgIpc) is 2.56. The molecule has 0 aliphatic heterocycles. The molecule has 0 heterocycles. The summed E-state index contributed by atoms with van der Waals surface area (Å²) in [6.45, 7) is -0.139. The van der Waals surface area contributed by atoms with Gasteiger partial charge in [0.2, 0.25) is 5.91 Å². The van der Waals surface area contributed by atoms with E-state index in [1.54, 1.807) is 36.4 Å². The van der Waals surface area contributed by atoms with E-state index in [2.05, 4.69) is 5.32 Å². The third kappa shape index (κ3) is 4.40. The van der Waals surface area contributed by atoms with Crippen molar-refractivity contribution in [1.29, 1.82) is 0 Å². The highest BCUT2D eigenvalue weighted by atomic mass is 35.5. The summed E-state index contributed by atoms with van der Waals surface area (Å²) in [6, 6.07) is 11.6. The minimum Gasteiger partial charge on any atom is -0.496 e. The number of anilines is 1.